The average molecular weight is 215 g/mol. The van der Waals surface area contributed by atoms with Gasteiger partial charge in [-0.15, -0.1) is 0 Å². The third-order valence-electron chi connectivity index (χ3n) is 2.41. The van der Waals surface area contributed by atoms with E-state index in [0.717, 1.165) is 19.1 Å². The van der Waals surface area contributed by atoms with Gasteiger partial charge >= 0.3 is 0 Å². The molecule has 0 amide bonds. The van der Waals surface area contributed by atoms with Crippen molar-refractivity contribution in [3.8, 4) is 0 Å². The molecule has 0 aromatic heterocycles. The smallest absolute Gasteiger partial charge is 0.0623 e. The van der Waals surface area contributed by atoms with Gasteiger partial charge in [0.1, 0.15) is 0 Å². The van der Waals surface area contributed by atoms with Crippen LogP contribution in [-0.4, -0.2) is 25.3 Å². The molecule has 0 aromatic rings. The lowest BCUT2D eigenvalue weighted by Crippen LogP contribution is -2.35. The lowest BCUT2D eigenvalue weighted by molar-refractivity contribution is 0.0585. The van der Waals surface area contributed by atoms with Gasteiger partial charge in [0.05, 0.1) is 12.7 Å². The van der Waals surface area contributed by atoms with Gasteiger partial charge in [-0.05, 0) is 45.6 Å². The molecule has 0 aliphatic rings. The molecule has 2 heteroatoms. The van der Waals surface area contributed by atoms with Crippen molar-refractivity contribution in [2.75, 3.05) is 13.2 Å². The summed E-state index contributed by atoms with van der Waals surface area (Å²) < 4.78 is 5.67. The molecule has 0 bridgehead atoms. The molecule has 1 atom stereocenters. The fraction of sp³-hybridized carbons (Fsp3) is 1.00. The first kappa shape index (κ1) is 14.9. The SMILES string of the molecule is CCCNC(CCC(C)C)COC(C)C. The highest BCUT2D eigenvalue weighted by Crippen LogP contribution is 2.08. The molecule has 1 N–H and O–H groups in total. The fourth-order valence-corrected chi connectivity index (χ4v) is 1.44. The summed E-state index contributed by atoms with van der Waals surface area (Å²) in [5.74, 6) is 0.787. The van der Waals surface area contributed by atoms with Gasteiger partial charge in [-0.1, -0.05) is 20.8 Å². The molecular weight excluding hydrogens is 186 g/mol. The van der Waals surface area contributed by atoms with E-state index in [2.05, 4.69) is 39.9 Å². The highest BCUT2D eigenvalue weighted by molar-refractivity contribution is 4.67. The molecule has 15 heavy (non-hydrogen) atoms. The Morgan fingerprint density at radius 1 is 1.07 bits per heavy atom. The number of hydrogen-bond donors (Lipinski definition) is 1. The Balaban J connectivity index is 3.73. The lowest BCUT2D eigenvalue weighted by atomic mass is 10.0. The summed E-state index contributed by atoms with van der Waals surface area (Å²) in [6.45, 7) is 12.9. The van der Waals surface area contributed by atoms with Crippen molar-refractivity contribution in [2.45, 2.75) is 66.0 Å². The largest absolute Gasteiger partial charge is 0.377 e. The first-order valence-corrected chi connectivity index (χ1v) is 6.41. The molecule has 1 unspecified atom stereocenters. The van der Waals surface area contributed by atoms with Crippen molar-refractivity contribution in [3.63, 3.8) is 0 Å². The van der Waals surface area contributed by atoms with Gasteiger partial charge in [0.25, 0.3) is 0 Å². The highest BCUT2D eigenvalue weighted by atomic mass is 16.5. The molecule has 0 fully saturated rings. The molecule has 0 rings (SSSR count). The monoisotopic (exact) mass is 215 g/mol. The maximum atomic E-state index is 5.67. The molecule has 0 saturated carbocycles. The summed E-state index contributed by atoms with van der Waals surface area (Å²) in [5, 5.41) is 3.56. The van der Waals surface area contributed by atoms with Gasteiger partial charge in [0.15, 0.2) is 0 Å². The van der Waals surface area contributed by atoms with E-state index < -0.39 is 0 Å². The minimum atomic E-state index is 0.343. The van der Waals surface area contributed by atoms with Crippen LogP contribution in [0.1, 0.15) is 53.9 Å². The van der Waals surface area contributed by atoms with E-state index >= 15 is 0 Å². The summed E-state index contributed by atoms with van der Waals surface area (Å²) >= 11 is 0. The average Bonchev–Trinajstić information content (AvgIpc) is 2.16. The topological polar surface area (TPSA) is 21.3 Å². The summed E-state index contributed by atoms with van der Waals surface area (Å²) in [4.78, 5) is 0. The van der Waals surface area contributed by atoms with Crippen molar-refractivity contribution in [3.05, 3.63) is 0 Å². The van der Waals surface area contributed by atoms with Crippen LogP contribution in [0.2, 0.25) is 0 Å². The van der Waals surface area contributed by atoms with Crippen molar-refractivity contribution in [2.24, 2.45) is 5.92 Å². The van der Waals surface area contributed by atoms with E-state index in [9.17, 15) is 0 Å². The third-order valence-corrected chi connectivity index (χ3v) is 2.41. The Hall–Kier alpha value is -0.0800. The molecule has 0 saturated heterocycles. The number of rotatable bonds is 9. The Kier molecular flexibility index (Phi) is 9.12. The van der Waals surface area contributed by atoms with Crippen LogP contribution in [0.4, 0.5) is 0 Å². The Morgan fingerprint density at radius 2 is 1.73 bits per heavy atom. The second kappa shape index (κ2) is 9.17. The number of hydrogen-bond acceptors (Lipinski definition) is 2. The van der Waals surface area contributed by atoms with Crippen molar-refractivity contribution in [1.29, 1.82) is 0 Å². The van der Waals surface area contributed by atoms with E-state index in [4.69, 9.17) is 4.74 Å². The van der Waals surface area contributed by atoms with Crippen LogP contribution in [0.3, 0.4) is 0 Å². The van der Waals surface area contributed by atoms with Crippen LogP contribution < -0.4 is 5.32 Å². The predicted molar refractivity (Wildman–Crippen MR) is 67.2 cm³/mol. The van der Waals surface area contributed by atoms with Crippen LogP contribution in [-0.2, 0) is 4.74 Å². The summed E-state index contributed by atoms with van der Waals surface area (Å²) in [5.41, 5.74) is 0. The summed E-state index contributed by atoms with van der Waals surface area (Å²) in [7, 11) is 0. The van der Waals surface area contributed by atoms with E-state index in [-0.39, 0.29) is 0 Å². The second-order valence-electron chi connectivity index (χ2n) is 5.00. The van der Waals surface area contributed by atoms with Crippen molar-refractivity contribution in [1.82, 2.24) is 5.32 Å². The zero-order valence-electron chi connectivity index (χ0n) is 11.2. The first-order chi connectivity index (χ1) is 7.06. The summed E-state index contributed by atoms with van der Waals surface area (Å²) in [6.07, 6.45) is 4.04. The van der Waals surface area contributed by atoms with Gasteiger partial charge in [-0.2, -0.15) is 0 Å². The van der Waals surface area contributed by atoms with Crippen LogP contribution in [0, 0.1) is 5.92 Å². The van der Waals surface area contributed by atoms with Gasteiger partial charge in [-0.25, -0.2) is 0 Å². The maximum absolute atomic E-state index is 5.67. The van der Waals surface area contributed by atoms with Crippen molar-refractivity contribution >= 4 is 0 Å². The van der Waals surface area contributed by atoms with Crippen molar-refractivity contribution < 1.29 is 4.74 Å². The van der Waals surface area contributed by atoms with Gasteiger partial charge in [0.2, 0.25) is 0 Å². The van der Waals surface area contributed by atoms with E-state index in [1.807, 2.05) is 0 Å². The number of ether oxygens (including phenoxy) is 1. The first-order valence-electron chi connectivity index (χ1n) is 6.41. The summed E-state index contributed by atoms with van der Waals surface area (Å²) in [6, 6.07) is 0.537. The van der Waals surface area contributed by atoms with E-state index in [1.165, 1.54) is 19.3 Å². The Labute approximate surface area is 95.8 Å². The van der Waals surface area contributed by atoms with E-state index in [1.54, 1.807) is 0 Å². The predicted octanol–water partition coefficient (Wildman–Crippen LogP) is 3.22. The molecule has 2 nitrogen and oxygen atoms in total. The zero-order chi connectivity index (χ0) is 11.7. The maximum Gasteiger partial charge on any atom is 0.0623 e. The van der Waals surface area contributed by atoms with Gasteiger partial charge in [-0.3, -0.25) is 0 Å². The van der Waals surface area contributed by atoms with Gasteiger partial charge < -0.3 is 10.1 Å². The lowest BCUT2D eigenvalue weighted by Gasteiger charge is -2.20. The minimum Gasteiger partial charge on any atom is -0.377 e. The third kappa shape index (κ3) is 10.2. The molecule has 0 aliphatic heterocycles. The zero-order valence-corrected chi connectivity index (χ0v) is 11.2. The highest BCUT2D eigenvalue weighted by Gasteiger charge is 2.09. The molecule has 0 aliphatic carbocycles. The molecule has 0 radical (unpaired) electrons. The Bertz CT molecular complexity index is 122. The Morgan fingerprint density at radius 3 is 2.20 bits per heavy atom. The van der Waals surface area contributed by atoms with Gasteiger partial charge in [0, 0.05) is 6.04 Å². The molecular formula is C13H29NO. The van der Waals surface area contributed by atoms with Crippen LogP contribution in [0.5, 0.6) is 0 Å². The van der Waals surface area contributed by atoms with Crippen LogP contribution in [0.15, 0.2) is 0 Å². The quantitative estimate of drug-likeness (QED) is 0.637. The van der Waals surface area contributed by atoms with E-state index in [0.29, 0.717) is 12.1 Å². The normalized spacial score (nSPS) is 13.8. The molecule has 0 aromatic carbocycles. The molecule has 92 valence electrons. The fourth-order valence-electron chi connectivity index (χ4n) is 1.44. The van der Waals surface area contributed by atoms with Crippen LogP contribution in [0.25, 0.3) is 0 Å². The standard InChI is InChI=1S/C13H29NO/c1-6-9-14-13(8-7-11(2)3)10-15-12(4)5/h11-14H,6-10H2,1-5H3. The molecule has 0 spiro atoms. The van der Waals surface area contributed by atoms with Crippen LogP contribution >= 0.6 is 0 Å². The molecule has 0 heterocycles. The minimum absolute atomic E-state index is 0.343. The second-order valence-corrected chi connectivity index (χ2v) is 5.00. The number of nitrogens with one attached hydrogen (secondary N) is 1.